The second-order valence-corrected chi connectivity index (χ2v) is 23.4. The fraction of sp³-hybridized carbons (Fsp3) is 0.217. The van der Waals surface area contributed by atoms with Crippen molar-refractivity contribution in [2.75, 3.05) is 14.8 Å². The minimum absolute atomic E-state index is 0.0143. The van der Waals surface area contributed by atoms with Gasteiger partial charge >= 0.3 is 0 Å². The van der Waals surface area contributed by atoms with Crippen LogP contribution in [-0.2, 0) is 21.7 Å². The van der Waals surface area contributed by atoms with E-state index in [1.54, 1.807) is 0 Å². The largest absolute Gasteiger partial charge is 0.310 e. The first kappa shape index (κ1) is 48.9. The smallest absolute Gasteiger partial charge is 0.0618 e. The fourth-order valence-electron chi connectivity index (χ4n) is 10.8. The van der Waals surface area contributed by atoms with Gasteiger partial charge in [0.1, 0.15) is 0 Å². The average Bonchev–Trinajstić information content (AvgIpc) is 3.62. The number of benzene rings is 9. The molecule has 0 aliphatic heterocycles. The molecule has 0 fully saturated rings. The Labute approximate surface area is 435 Å². The summed E-state index contributed by atoms with van der Waals surface area (Å²) >= 11 is 0. The van der Waals surface area contributed by atoms with Gasteiger partial charge in [0.2, 0.25) is 0 Å². The molecule has 0 aromatic heterocycles. The first-order valence-electron chi connectivity index (χ1n) is 25.9. The minimum Gasteiger partial charge on any atom is -0.310 e. The molecule has 10 rings (SSSR count). The molecule has 366 valence electrons. The van der Waals surface area contributed by atoms with Crippen LogP contribution in [0.5, 0.6) is 0 Å². The Hall–Kier alpha value is -7.66. The lowest BCUT2D eigenvalue weighted by Gasteiger charge is -2.33. The third-order valence-electron chi connectivity index (χ3n) is 14.9. The van der Waals surface area contributed by atoms with Crippen LogP contribution >= 0.6 is 0 Å². The zero-order valence-electron chi connectivity index (χ0n) is 44.6. The number of hydrogen-bond donors (Lipinski definition) is 1. The van der Waals surface area contributed by atoms with Crippen molar-refractivity contribution in [2.45, 2.75) is 97.8 Å². The number of nitrogens with two attached hydrogens (primary N) is 1. The molecule has 9 aromatic rings. The number of para-hydroxylation sites is 2. The van der Waals surface area contributed by atoms with E-state index in [4.69, 9.17) is 5.84 Å². The van der Waals surface area contributed by atoms with Crippen LogP contribution in [0.3, 0.4) is 0 Å². The molecule has 0 saturated heterocycles. The lowest BCUT2D eigenvalue weighted by molar-refractivity contribution is 0.590. The van der Waals surface area contributed by atoms with Crippen molar-refractivity contribution in [1.82, 2.24) is 0 Å². The Balaban J connectivity index is 1.14. The summed E-state index contributed by atoms with van der Waals surface area (Å²) in [6, 6.07) is 77.8. The zero-order chi connectivity index (χ0) is 51.5. The normalized spacial score (nSPS) is 13.0. The summed E-state index contributed by atoms with van der Waals surface area (Å²) < 4.78 is 0. The van der Waals surface area contributed by atoms with Gasteiger partial charge in [-0.1, -0.05) is 222 Å². The SMILES string of the molecule is CC(C)(C)c1ccc(N(c2cccc(N(N)c3cccc(N(c4ccccc4)c4cccc5c4C(C)(C)c4ccccc4-5)c3)c2)c2c(-c3cccc(C(C)(C)C)c3)cccc2-c2cccc(C(C)(C)C)c2)cc1. The molecule has 0 saturated carbocycles. The van der Waals surface area contributed by atoms with E-state index in [0.29, 0.717) is 0 Å². The lowest BCUT2D eigenvalue weighted by Crippen LogP contribution is -2.25. The Morgan fingerprint density at radius 2 is 0.767 bits per heavy atom. The molecule has 0 unspecified atom stereocenters. The fourth-order valence-corrected chi connectivity index (χ4v) is 10.8. The third-order valence-corrected chi connectivity index (χ3v) is 14.9. The Bertz CT molecular complexity index is 3380. The van der Waals surface area contributed by atoms with Gasteiger partial charge in [-0.2, -0.15) is 0 Å². The quantitative estimate of drug-likeness (QED) is 0.109. The molecule has 4 heteroatoms. The van der Waals surface area contributed by atoms with Crippen molar-refractivity contribution < 1.29 is 0 Å². The van der Waals surface area contributed by atoms with Crippen molar-refractivity contribution in [3.8, 4) is 33.4 Å². The van der Waals surface area contributed by atoms with Crippen LogP contribution in [-0.4, -0.2) is 0 Å². The minimum atomic E-state index is -0.213. The standard InChI is InChI=1S/C69H70N4/c1-66(2,3)49-39-41-53(42-40-49)72(65-58(47-23-17-25-50(43-47)67(4,5)6)34-21-35-59(65)48-24-18-26-51(44-48)68(7,8)9)55-30-20-32-57(46-55)73(70)56-31-19-29-54(45-56)71(52-27-13-12-14-28-52)63-38-22-36-61-60-33-15-16-37-62(60)69(10,11)64(61)63/h12-46H,70H2,1-11H3. The van der Waals surface area contributed by atoms with Gasteiger partial charge in [-0.15, -0.1) is 0 Å². The summed E-state index contributed by atoms with van der Waals surface area (Å²) in [4.78, 5) is 4.84. The molecule has 1 aliphatic carbocycles. The maximum atomic E-state index is 7.42. The third kappa shape index (κ3) is 9.37. The Morgan fingerprint density at radius 3 is 1.33 bits per heavy atom. The molecular weight excluding hydrogens is 885 g/mol. The van der Waals surface area contributed by atoms with Gasteiger partial charge in [0.15, 0.2) is 0 Å². The van der Waals surface area contributed by atoms with Crippen molar-refractivity contribution in [1.29, 1.82) is 0 Å². The van der Waals surface area contributed by atoms with Gasteiger partial charge in [0.05, 0.1) is 22.7 Å². The van der Waals surface area contributed by atoms with Gasteiger partial charge in [-0.05, 0) is 133 Å². The van der Waals surface area contributed by atoms with Crippen LogP contribution in [0.15, 0.2) is 212 Å². The second kappa shape index (κ2) is 18.7. The summed E-state index contributed by atoms with van der Waals surface area (Å²) in [7, 11) is 0. The second-order valence-electron chi connectivity index (χ2n) is 23.4. The van der Waals surface area contributed by atoms with Crippen molar-refractivity contribution in [2.24, 2.45) is 5.84 Å². The predicted octanol–water partition coefficient (Wildman–Crippen LogP) is 19.2. The Morgan fingerprint density at radius 1 is 0.342 bits per heavy atom. The summed E-state index contributed by atoms with van der Waals surface area (Å²) in [6.45, 7) is 25.3. The lowest BCUT2D eigenvalue weighted by atomic mass is 9.81. The number of fused-ring (bicyclic) bond motifs is 3. The van der Waals surface area contributed by atoms with E-state index in [9.17, 15) is 0 Å². The van der Waals surface area contributed by atoms with E-state index < -0.39 is 0 Å². The van der Waals surface area contributed by atoms with Crippen LogP contribution in [0.2, 0.25) is 0 Å². The molecule has 0 atom stereocenters. The maximum Gasteiger partial charge on any atom is 0.0618 e. The molecule has 0 radical (unpaired) electrons. The molecule has 0 amide bonds. The van der Waals surface area contributed by atoms with Crippen LogP contribution in [0, 0.1) is 0 Å². The highest BCUT2D eigenvalue weighted by molar-refractivity contribution is 5.98. The maximum absolute atomic E-state index is 7.42. The van der Waals surface area contributed by atoms with Crippen molar-refractivity contribution in [3.05, 3.63) is 240 Å². The number of anilines is 8. The highest BCUT2D eigenvalue weighted by atomic mass is 15.4. The van der Waals surface area contributed by atoms with Gasteiger partial charge in [0, 0.05) is 39.3 Å². The molecule has 0 bridgehead atoms. The number of nitrogens with zero attached hydrogens (tertiary/aromatic N) is 3. The number of hydrogen-bond acceptors (Lipinski definition) is 4. The van der Waals surface area contributed by atoms with E-state index in [1.807, 2.05) is 5.01 Å². The highest BCUT2D eigenvalue weighted by Gasteiger charge is 2.39. The van der Waals surface area contributed by atoms with E-state index in [-0.39, 0.29) is 21.7 Å². The molecule has 1 aliphatic rings. The first-order chi connectivity index (χ1) is 34.8. The van der Waals surface area contributed by atoms with Gasteiger partial charge < -0.3 is 9.80 Å². The average molecular weight is 955 g/mol. The molecular formula is C69H70N4. The summed E-state index contributed by atoms with van der Waals surface area (Å²) in [6.07, 6.45) is 0. The van der Waals surface area contributed by atoms with E-state index in [1.165, 1.54) is 50.1 Å². The summed E-state index contributed by atoms with van der Waals surface area (Å²) in [5, 5.41) is 1.83. The monoisotopic (exact) mass is 955 g/mol. The molecule has 9 aromatic carbocycles. The van der Waals surface area contributed by atoms with Crippen LogP contribution in [0.1, 0.15) is 104 Å². The van der Waals surface area contributed by atoms with E-state index in [2.05, 4.69) is 298 Å². The summed E-state index contributed by atoms with van der Waals surface area (Å²) in [5.74, 6) is 7.42. The Kier molecular flexibility index (Phi) is 12.6. The highest BCUT2D eigenvalue weighted by Crippen LogP contribution is 2.55. The van der Waals surface area contributed by atoms with Gasteiger partial charge in [-0.25, -0.2) is 5.84 Å². The molecule has 0 spiro atoms. The molecule has 2 N–H and O–H groups in total. The van der Waals surface area contributed by atoms with Crippen LogP contribution in [0.4, 0.5) is 45.5 Å². The molecule has 73 heavy (non-hydrogen) atoms. The van der Waals surface area contributed by atoms with Gasteiger partial charge in [0.25, 0.3) is 0 Å². The zero-order valence-corrected chi connectivity index (χ0v) is 44.6. The van der Waals surface area contributed by atoms with Crippen molar-refractivity contribution >= 4 is 45.5 Å². The predicted molar refractivity (Wildman–Crippen MR) is 313 cm³/mol. The topological polar surface area (TPSA) is 35.7 Å². The summed E-state index contributed by atoms with van der Waals surface area (Å²) in [5.41, 5.74) is 21.5. The van der Waals surface area contributed by atoms with E-state index >= 15 is 0 Å². The van der Waals surface area contributed by atoms with Gasteiger partial charge in [-0.3, -0.25) is 5.01 Å². The van der Waals surface area contributed by atoms with Crippen molar-refractivity contribution in [3.63, 3.8) is 0 Å². The molecule has 0 heterocycles. The van der Waals surface area contributed by atoms with Crippen LogP contribution < -0.4 is 20.7 Å². The van der Waals surface area contributed by atoms with E-state index in [0.717, 1.165) is 56.6 Å². The molecule has 4 nitrogen and oxygen atoms in total. The number of rotatable bonds is 10. The first-order valence-corrected chi connectivity index (χ1v) is 25.9. The van der Waals surface area contributed by atoms with Crippen LogP contribution in [0.25, 0.3) is 33.4 Å². The number of hydrazine groups is 1.